The van der Waals surface area contributed by atoms with Crippen LogP contribution in [0.5, 0.6) is 0 Å². The van der Waals surface area contributed by atoms with Gasteiger partial charge < -0.3 is 14.6 Å². The van der Waals surface area contributed by atoms with E-state index in [0.29, 0.717) is 29.7 Å². The summed E-state index contributed by atoms with van der Waals surface area (Å²) in [5, 5.41) is 9.43. The number of hydrogen-bond donors (Lipinski definition) is 1. The van der Waals surface area contributed by atoms with Crippen molar-refractivity contribution in [2.24, 2.45) is 35.0 Å². The van der Waals surface area contributed by atoms with Gasteiger partial charge in [0.25, 0.3) is 0 Å². The molecule has 3 saturated carbocycles. The monoisotopic (exact) mass is 440 g/mol. The predicted octanol–water partition coefficient (Wildman–Crippen LogP) is 2.93. The number of aliphatic hydroxyl groups excluding tert-OH is 1. The Morgan fingerprint density at radius 3 is 2.69 bits per heavy atom. The molecule has 9 atom stereocenters. The molecule has 2 heterocycles. The summed E-state index contributed by atoms with van der Waals surface area (Å²) in [4.78, 5) is 37.8. The molecule has 172 valence electrons. The Hall–Kier alpha value is -1.79. The summed E-state index contributed by atoms with van der Waals surface area (Å²) in [6, 6.07) is 0. The summed E-state index contributed by atoms with van der Waals surface area (Å²) in [5.41, 5.74) is 0.673. The van der Waals surface area contributed by atoms with Gasteiger partial charge in [-0.15, -0.1) is 0 Å². The number of cyclic esters (lactones) is 1. The smallest absolute Gasteiger partial charge is 0.336 e. The number of aliphatic hydroxyl groups is 1. The molecule has 0 radical (unpaired) electrons. The van der Waals surface area contributed by atoms with Crippen molar-refractivity contribution in [3.8, 4) is 0 Å². The van der Waals surface area contributed by atoms with Gasteiger partial charge in [0, 0.05) is 6.42 Å². The zero-order valence-corrected chi connectivity index (χ0v) is 18.8. The van der Waals surface area contributed by atoms with Crippen LogP contribution in [0.3, 0.4) is 0 Å². The first-order valence-corrected chi connectivity index (χ1v) is 12.2. The van der Waals surface area contributed by atoms with E-state index in [0.717, 1.165) is 44.1 Å². The zero-order chi connectivity index (χ0) is 22.4. The number of carbonyl (C=O) groups excluding carboxylic acids is 3. The normalized spacial score (nSPS) is 49.2. The molecule has 0 amide bonds. The first-order chi connectivity index (χ1) is 15.3. The average Bonchev–Trinajstić information content (AvgIpc) is 3.38. The van der Waals surface area contributed by atoms with Gasteiger partial charge in [0.2, 0.25) is 0 Å². The highest BCUT2D eigenvalue weighted by atomic mass is 16.6. The third kappa shape index (κ3) is 2.62. The Morgan fingerprint density at radius 2 is 1.94 bits per heavy atom. The molecule has 0 aromatic carbocycles. The molecular weight excluding hydrogens is 408 g/mol. The van der Waals surface area contributed by atoms with E-state index in [1.54, 1.807) is 0 Å². The average molecular weight is 441 g/mol. The van der Waals surface area contributed by atoms with E-state index in [1.165, 1.54) is 12.2 Å². The lowest BCUT2D eigenvalue weighted by Crippen LogP contribution is -2.56. The Morgan fingerprint density at radius 1 is 1.12 bits per heavy atom. The molecule has 0 aromatic rings. The number of hydrogen-bond acceptors (Lipinski definition) is 6. The fourth-order valence-corrected chi connectivity index (χ4v) is 8.56. The van der Waals surface area contributed by atoms with Crippen LogP contribution in [0.2, 0.25) is 0 Å². The lowest BCUT2D eigenvalue weighted by Gasteiger charge is -2.53. The van der Waals surface area contributed by atoms with E-state index in [-0.39, 0.29) is 53.6 Å². The highest BCUT2D eigenvalue weighted by Gasteiger charge is 2.75. The summed E-state index contributed by atoms with van der Waals surface area (Å²) >= 11 is 0. The summed E-state index contributed by atoms with van der Waals surface area (Å²) < 4.78 is 11.7. The second-order valence-corrected chi connectivity index (χ2v) is 11.4. The Labute approximate surface area is 188 Å². The third-order valence-electron chi connectivity index (χ3n) is 10.2. The lowest BCUT2D eigenvalue weighted by molar-refractivity contribution is -0.148. The standard InChI is InChI=1S/C26H32O6/c1-13-9-15(31-24(30)18(13)12-27)10-14-3-4-19-17-11-22-26(32-22)21(29)6-5-20(28)23(26)16(17)7-8-25(14,19)2/h5-6,14-17,19,22-23,27H,3-4,7-12H2,1-2H3. The van der Waals surface area contributed by atoms with Gasteiger partial charge in [-0.05, 0) is 86.7 Å². The molecule has 6 aliphatic rings. The SMILES string of the molecule is CC1=C(CO)C(=O)OC(CC2CCC3C4CC5OC56C(=O)C=CC(=O)C6C4CCC23C)C1. The molecule has 6 nitrogen and oxygen atoms in total. The van der Waals surface area contributed by atoms with Crippen molar-refractivity contribution < 1.29 is 29.0 Å². The number of esters is 1. The third-order valence-corrected chi connectivity index (χ3v) is 10.2. The van der Waals surface area contributed by atoms with Crippen molar-refractivity contribution in [1.82, 2.24) is 0 Å². The molecule has 0 aromatic heterocycles. The number of rotatable bonds is 3. The highest BCUT2D eigenvalue weighted by molar-refractivity contribution is 6.13. The van der Waals surface area contributed by atoms with Gasteiger partial charge in [0.05, 0.1) is 24.2 Å². The number of ether oxygens (including phenoxy) is 2. The van der Waals surface area contributed by atoms with Crippen molar-refractivity contribution in [3.05, 3.63) is 23.3 Å². The zero-order valence-electron chi connectivity index (χ0n) is 18.8. The van der Waals surface area contributed by atoms with Crippen LogP contribution in [0.15, 0.2) is 23.3 Å². The van der Waals surface area contributed by atoms with Crippen LogP contribution < -0.4 is 0 Å². The number of allylic oxidation sites excluding steroid dienone is 1. The topological polar surface area (TPSA) is 93.2 Å². The molecule has 4 fully saturated rings. The van der Waals surface area contributed by atoms with E-state index in [9.17, 15) is 19.5 Å². The van der Waals surface area contributed by atoms with Crippen LogP contribution in [0.25, 0.3) is 0 Å². The number of epoxide rings is 1. The maximum absolute atomic E-state index is 12.9. The largest absolute Gasteiger partial charge is 0.459 e. The van der Waals surface area contributed by atoms with Crippen molar-refractivity contribution >= 4 is 17.5 Å². The molecule has 4 aliphatic carbocycles. The van der Waals surface area contributed by atoms with Gasteiger partial charge >= 0.3 is 5.97 Å². The van der Waals surface area contributed by atoms with Gasteiger partial charge in [0.15, 0.2) is 17.2 Å². The van der Waals surface area contributed by atoms with Crippen LogP contribution >= 0.6 is 0 Å². The van der Waals surface area contributed by atoms with Crippen molar-refractivity contribution in [2.45, 2.75) is 76.6 Å². The van der Waals surface area contributed by atoms with E-state index >= 15 is 0 Å². The Kier molecular flexibility index (Phi) is 4.46. The van der Waals surface area contributed by atoms with E-state index in [2.05, 4.69) is 6.92 Å². The number of ketones is 2. The molecule has 1 N–H and O–H groups in total. The maximum Gasteiger partial charge on any atom is 0.336 e. The Balaban J connectivity index is 1.22. The van der Waals surface area contributed by atoms with E-state index in [4.69, 9.17) is 9.47 Å². The van der Waals surface area contributed by atoms with E-state index < -0.39 is 5.60 Å². The minimum absolute atomic E-state index is 0.00651. The number of carbonyl (C=O) groups is 3. The summed E-state index contributed by atoms with van der Waals surface area (Å²) in [5.74, 6) is 1.06. The van der Waals surface area contributed by atoms with Crippen LogP contribution in [-0.4, -0.2) is 47.1 Å². The van der Waals surface area contributed by atoms with Crippen molar-refractivity contribution in [2.75, 3.05) is 6.61 Å². The van der Waals surface area contributed by atoms with Gasteiger partial charge in [-0.1, -0.05) is 12.5 Å². The van der Waals surface area contributed by atoms with Crippen LogP contribution in [0.4, 0.5) is 0 Å². The molecule has 2 aliphatic heterocycles. The first kappa shape index (κ1) is 20.8. The summed E-state index contributed by atoms with van der Waals surface area (Å²) in [7, 11) is 0. The fraction of sp³-hybridized carbons (Fsp3) is 0.731. The van der Waals surface area contributed by atoms with Gasteiger partial charge in [-0.2, -0.15) is 0 Å². The predicted molar refractivity (Wildman–Crippen MR) is 114 cm³/mol. The molecule has 1 saturated heterocycles. The molecule has 0 bridgehead atoms. The van der Waals surface area contributed by atoms with Crippen molar-refractivity contribution in [1.29, 1.82) is 0 Å². The lowest BCUT2D eigenvalue weighted by atomic mass is 9.49. The van der Waals surface area contributed by atoms with Gasteiger partial charge in [-0.3, -0.25) is 9.59 Å². The molecule has 9 unspecified atom stereocenters. The minimum Gasteiger partial charge on any atom is -0.459 e. The maximum atomic E-state index is 12.9. The second kappa shape index (κ2) is 6.86. The highest BCUT2D eigenvalue weighted by Crippen LogP contribution is 2.68. The van der Waals surface area contributed by atoms with Crippen molar-refractivity contribution in [3.63, 3.8) is 0 Å². The summed E-state index contributed by atoms with van der Waals surface area (Å²) in [6.45, 7) is 4.07. The molecule has 32 heavy (non-hydrogen) atoms. The molecule has 6 rings (SSSR count). The van der Waals surface area contributed by atoms with Gasteiger partial charge in [-0.25, -0.2) is 4.79 Å². The molecule has 1 spiro atoms. The Bertz CT molecular complexity index is 963. The number of fused-ring (bicyclic) bond motifs is 4. The fourth-order valence-electron chi connectivity index (χ4n) is 8.56. The van der Waals surface area contributed by atoms with Crippen LogP contribution in [0.1, 0.15) is 58.8 Å². The van der Waals surface area contributed by atoms with E-state index in [1.807, 2.05) is 6.92 Å². The van der Waals surface area contributed by atoms with Crippen LogP contribution in [0, 0.1) is 35.0 Å². The van der Waals surface area contributed by atoms with Gasteiger partial charge in [0.1, 0.15) is 6.10 Å². The first-order valence-electron chi connectivity index (χ1n) is 12.2. The van der Waals surface area contributed by atoms with Crippen LogP contribution in [-0.2, 0) is 23.9 Å². The molecule has 6 heteroatoms. The minimum atomic E-state index is -0.844. The quantitative estimate of drug-likeness (QED) is 0.536. The summed E-state index contributed by atoms with van der Waals surface area (Å²) in [6.07, 6.45) is 9.40. The molecular formula is C26H32O6. The second-order valence-electron chi connectivity index (χ2n) is 11.4.